The molecule has 34 heavy (non-hydrogen) atoms. The smallest absolute Gasteiger partial charge is 0.264 e. The van der Waals surface area contributed by atoms with Gasteiger partial charge in [-0.05, 0) is 50.9 Å². The van der Waals surface area contributed by atoms with Crippen LogP contribution in [0.1, 0.15) is 42.7 Å². The fourth-order valence-corrected chi connectivity index (χ4v) is 5.30. The zero-order valence-corrected chi connectivity index (χ0v) is 20.4. The van der Waals surface area contributed by atoms with Gasteiger partial charge < -0.3 is 19.7 Å². The molecule has 4 aromatic rings. The number of pyridine rings is 1. The highest BCUT2D eigenvalue weighted by molar-refractivity contribution is 6.37. The van der Waals surface area contributed by atoms with Gasteiger partial charge in [0.25, 0.3) is 5.56 Å². The maximum atomic E-state index is 13.5. The van der Waals surface area contributed by atoms with Crippen molar-refractivity contribution in [2.75, 3.05) is 7.05 Å². The second-order valence-corrected chi connectivity index (χ2v) is 8.98. The molecule has 7 nitrogen and oxygen atoms in total. The minimum atomic E-state index is -0.427. The molecular weight excluding hydrogens is 475 g/mol. The van der Waals surface area contributed by atoms with E-state index in [0.717, 1.165) is 29.3 Å². The van der Waals surface area contributed by atoms with Crippen LogP contribution in [0.4, 0.5) is 0 Å². The zero-order valence-electron chi connectivity index (χ0n) is 18.9. The largest absolute Gasteiger partial charge is 0.360 e. The summed E-state index contributed by atoms with van der Waals surface area (Å²) in [6, 6.07) is 14.6. The highest BCUT2D eigenvalue weighted by Crippen LogP contribution is 2.36. The van der Waals surface area contributed by atoms with Crippen LogP contribution in [0.3, 0.4) is 0 Å². The number of halogens is 2. The Hall–Kier alpha value is -2.87. The molecule has 1 amide bonds. The van der Waals surface area contributed by atoms with Crippen LogP contribution in [0, 0.1) is 6.92 Å². The number of aromatic nitrogens is 2. The number of nitrogens with one attached hydrogen (secondary N) is 2. The molecule has 178 valence electrons. The van der Waals surface area contributed by atoms with E-state index >= 15 is 0 Å². The number of hydrogen-bond donors (Lipinski definition) is 2. The van der Waals surface area contributed by atoms with Crippen molar-refractivity contribution in [3.63, 3.8) is 0 Å². The van der Waals surface area contributed by atoms with Crippen molar-refractivity contribution in [1.29, 1.82) is 0 Å². The third-order valence-electron chi connectivity index (χ3n) is 6.58. The maximum Gasteiger partial charge on any atom is 0.264 e. The Morgan fingerprint density at radius 2 is 1.91 bits per heavy atom. The number of likely N-dealkylation sites (N-methyl/N-ethyl adjacent to an activating group) is 1. The molecule has 0 radical (unpaired) electrons. The Balaban J connectivity index is 0.00000274. The van der Waals surface area contributed by atoms with E-state index in [1.165, 1.54) is 0 Å². The van der Waals surface area contributed by atoms with Gasteiger partial charge >= 0.3 is 0 Å². The third-order valence-corrected chi connectivity index (χ3v) is 6.90. The van der Waals surface area contributed by atoms with Gasteiger partial charge in [0.1, 0.15) is 22.7 Å². The molecule has 0 spiro atoms. The Bertz CT molecular complexity index is 1400. The molecule has 1 fully saturated rings. The molecular formula is C25H26Cl2N4O3. The molecule has 1 saturated carbocycles. The molecule has 1 aliphatic rings. The topological polar surface area (TPSA) is 89.2 Å². The first-order valence-electron chi connectivity index (χ1n) is 11.1. The molecule has 2 aromatic heterocycles. The van der Waals surface area contributed by atoms with Gasteiger partial charge in [0.05, 0.1) is 10.5 Å². The molecule has 2 N–H and O–H groups in total. The SMILES string of the molecule is CNC(C(=O)NC1CCC(n2c(=O)c3c(C)onc3c3c(Cl)cccc32)C1)c1ccccc1.Cl. The van der Waals surface area contributed by atoms with Crippen LogP contribution in [-0.4, -0.2) is 28.7 Å². The average Bonchev–Trinajstić information content (AvgIpc) is 3.42. The van der Waals surface area contributed by atoms with Gasteiger partial charge in [-0.15, -0.1) is 12.4 Å². The van der Waals surface area contributed by atoms with Crippen molar-refractivity contribution in [1.82, 2.24) is 20.4 Å². The molecule has 0 bridgehead atoms. The first kappa shape index (κ1) is 24.3. The lowest BCUT2D eigenvalue weighted by molar-refractivity contribution is -0.123. The summed E-state index contributed by atoms with van der Waals surface area (Å²) >= 11 is 6.52. The number of nitrogens with zero attached hydrogens (tertiary/aromatic N) is 2. The third kappa shape index (κ3) is 4.08. The van der Waals surface area contributed by atoms with Gasteiger partial charge in [-0.25, -0.2) is 0 Å². The summed E-state index contributed by atoms with van der Waals surface area (Å²) in [5.74, 6) is 0.410. The van der Waals surface area contributed by atoms with Gasteiger partial charge in [0, 0.05) is 17.5 Å². The summed E-state index contributed by atoms with van der Waals surface area (Å²) in [6.45, 7) is 1.74. The van der Waals surface area contributed by atoms with Crippen LogP contribution in [0.15, 0.2) is 57.8 Å². The van der Waals surface area contributed by atoms with Gasteiger partial charge in [0.2, 0.25) is 5.91 Å². The lowest BCUT2D eigenvalue weighted by atomic mass is 10.1. The van der Waals surface area contributed by atoms with Crippen molar-refractivity contribution in [3.8, 4) is 0 Å². The lowest BCUT2D eigenvalue weighted by Crippen LogP contribution is -2.41. The number of amides is 1. The summed E-state index contributed by atoms with van der Waals surface area (Å²) in [7, 11) is 1.78. The van der Waals surface area contributed by atoms with Gasteiger partial charge in [0.15, 0.2) is 0 Å². The average molecular weight is 501 g/mol. The van der Waals surface area contributed by atoms with E-state index in [9.17, 15) is 9.59 Å². The number of rotatable bonds is 5. The summed E-state index contributed by atoms with van der Waals surface area (Å²) < 4.78 is 7.16. The van der Waals surface area contributed by atoms with Crippen LogP contribution in [0.2, 0.25) is 5.02 Å². The molecule has 3 unspecified atom stereocenters. The standard InChI is InChI=1S/C25H25ClN4O3.ClH/c1-14-20-23(29-33-14)21-18(26)9-6-10-19(21)30(25(20)32)17-12-11-16(13-17)28-24(31)22(27-2)15-7-4-3-5-8-15;/h3-10,16-17,22,27H,11-13H2,1-2H3,(H,28,31);1H. The molecule has 2 heterocycles. The van der Waals surface area contributed by atoms with Crippen LogP contribution in [0.5, 0.6) is 0 Å². The monoisotopic (exact) mass is 500 g/mol. The van der Waals surface area contributed by atoms with Crippen molar-refractivity contribution in [2.45, 2.75) is 44.3 Å². The van der Waals surface area contributed by atoms with E-state index in [1.807, 2.05) is 47.0 Å². The summed E-state index contributed by atoms with van der Waals surface area (Å²) in [5.41, 5.74) is 2.02. The molecule has 5 rings (SSSR count). The van der Waals surface area contributed by atoms with Crippen molar-refractivity contribution < 1.29 is 9.32 Å². The zero-order chi connectivity index (χ0) is 23.1. The Morgan fingerprint density at radius 1 is 1.15 bits per heavy atom. The quantitative estimate of drug-likeness (QED) is 0.414. The van der Waals surface area contributed by atoms with E-state index in [2.05, 4.69) is 15.8 Å². The van der Waals surface area contributed by atoms with E-state index in [4.69, 9.17) is 16.1 Å². The van der Waals surface area contributed by atoms with E-state index in [-0.39, 0.29) is 36.0 Å². The van der Waals surface area contributed by atoms with Crippen molar-refractivity contribution in [2.24, 2.45) is 0 Å². The van der Waals surface area contributed by atoms with E-state index in [0.29, 0.717) is 28.1 Å². The van der Waals surface area contributed by atoms with E-state index < -0.39 is 6.04 Å². The number of carbonyl (C=O) groups excluding carboxylic acids is 1. The summed E-state index contributed by atoms with van der Waals surface area (Å²) in [4.78, 5) is 26.5. The molecule has 3 atom stereocenters. The van der Waals surface area contributed by atoms with E-state index in [1.54, 1.807) is 20.0 Å². The maximum absolute atomic E-state index is 13.5. The van der Waals surface area contributed by atoms with Crippen LogP contribution >= 0.6 is 24.0 Å². The number of carbonyl (C=O) groups is 1. The molecule has 1 aliphatic carbocycles. The Kier molecular flexibility index (Phi) is 6.98. The first-order valence-corrected chi connectivity index (χ1v) is 11.5. The Labute approximate surface area is 207 Å². The predicted molar refractivity (Wildman–Crippen MR) is 136 cm³/mol. The van der Waals surface area contributed by atoms with Crippen LogP contribution < -0.4 is 16.2 Å². The van der Waals surface area contributed by atoms with Crippen LogP contribution in [-0.2, 0) is 4.79 Å². The molecule has 9 heteroatoms. The highest BCUT2D eigenvalue weighted by Gasteiger charge is 2.32. The predicted octanol–water partition coefficient (Wildman–Crippen LogP) is 4.70. The molecule has 0 aliphatic heterocycles. The fraction of sp³-hybridized carbons (Fsp3) is 0.320. The second-order valence-electron chi connectivity index (χ2n) is 8.58. The minimum absolute atomic E-state index is 0. The Morgan fingerprint density at radius 3 is 2.65 bits per heavy atom. The van der Waals surface area contributed by atoms with Gasteiger partial charge in [-0.3, -0.25) is 9.59 Å². The van der Waals surface area contributed by atoms with Gasteiger partial charge in [-0.2, -0.15) is 0 Å². The summed E-state index contributed by atoms with van der Waals surface area (Å²) in [5, 5.41) is 12.1. The molecule has 2 aromatic carbocycles. The second kappa shape index (κ2) is 9.78. The van der Waals surface area contributed by atoms with Crippen LogP contribution in [0.25, 0.3) is 21.8 Å². The van der Waals surface area contributed by atoms with Gasteiger partial charge in [-0.1, -0.05) is 53.2 Å². The number of aryl methyl sites for hydroxylation is 1. The fourth-order valence-electron chi connectivity index (χ4n) is 5.04. The number of benzene rings is 2. The minimum Gasteiger partial charge on any atom is -0.360 e. The lowest BCUT2D eigenvalue weighted by Gasteiger charge is -2.21. The number of hydrogen-bond acceptors (Lipinski definition) is 5. The first-order chi connectivity index (χ1) is 16.0. The molecule has 0 saturated heterocycles. The highest BCUT2D eigenvalue weighted by atomic mass is 35.5. The van der Waals surface area contributed by atoms with Crippen molar-refractivity contribution >= 4 is 51.7 Å². The number of fused-ring (bicyclic) bond motifs is 3. The van der Waals surface area contributed by atoms with Crippen molar-refractivity contribution in [3.05, 3.63) is 75.2 Å². The normalized spacial score (nSPS) is 18.7. The summed E-state index contributed by atoms with van der Waals surface area (Å²) in [6.07, 6.45) is 2.23.